The van der Waals surface area contributed by atoms with E-state index in [1.165, 1.54) is 12.1 Å². The lowest BCUT2D eigenvalue weighted by atomic mass is 10.0. The van der Waals surface area contributed by atoms with E-state index in [1.807, 2.05) is 0 Å². The molecule has 3 aromatic rings. The predicted molar refractivity (Wildman–Crippen MR) is 106 cm³/mol. The molecule has 0 saturated carbocycles. The number of primary amides is 1. The second-order valence-corrected chi connectivity index (χ2v) is 8.46. The summed E-state index contributed by atoms with van der Waals surface area (Å²) in [7, 11) is -2.80. The van der Waals surface area contributed by atoms with Crippen molar-refractivity contribution in [2.24, 2.45) is 5.73 Å². The van der Waals surface area contributed by atoms with Gasteiger partial charge in [0.05, 0.1) is 11.9 Å². The normalized spacial score (nSPS) is 11.6. The van der Waals surface area contributed by atoms with Crippen molar-refractivity contribution in [3.05, 3.63) is 47.8 Å². The van der Waals surface area contributed by atoms with Crippen LogP contribution in [0.2, 0.25) is 0 Å². The third-order valence-electron chi connectivity index (χ3n) is 4.33. The first-order chi connectivity index (χ1) is 14.9. The summed E-state index contributed by atoms with van der Waals surface area (Å²) < 4.78 is 78.4. The van der Waals surface area contributed by atoms with Crippen LogP contribution in [0.3, 0.4) is 0 Å². The molecule has 0 spiro atoms. The van der Waals surface area contributed by atoms with Gasteiger partial charge in [-0.25, -0.2) is 22.4 Å². The average Bonchev–Trinajstić information content (AvgIpc) is 3.04. The molecule has 170 valence electrons. The first-order valence-electron chi connectivity index (χ1n) is 8.65. The van der Waals surface area contributed by atoms with Crippen LogP contribution in [0, 0.1) is 5.82 Å². The van der Waals surface area contributed by atoms with E-state index in [0.717, 1.165) is 37.6 Å². The fourth-order valence-corrected chi connectivity index (χ4v) is 3.38. The molecule has 1 aromatic heterocycles. The van der Waals surface area contributed by atoms with E-state index in [2.05, 4.69) is 9.47 Å². The van der Waals surface area contributed by atoms with Crippen LogP contribution in [0.15, 0.2) is 40.8 Å². The van der Waals surface area contributed by atoms with Crippen molar-refractivity contribution in [1.29, 1.82) is 0 Å². The van der Waals surface area contributed by atoms with Gasteiger partial charge < -0.3 is 19.6 Å². The van der Waals surface area contributed by atoms with Crippen LogP contribution in [0.4, 0.5) is 23.7 Å². The van der Waals surface area contributed by atoms with Gasteiger partial charge in [0.15, 0.2) is 5.75 Å². The fourth-order valence-electron chi connectivity index (χ4n) is 2.88. The molecular weight excluding hydrogens is 457 g/mol. The van der Waals surface area contributed by atoms with Gasteiger partial charge in [0.2, 0.25) is 10.0 Å². The molecule has 2 aromatic carbocycles. The van der Waals surface area contributed by atoms with E-state index in [9.17, 15) is 31.2 Å². The number of ether oxygens (including phenoxy) is 2. The molecule has 32 heavy (non-hydrogen) atoms. The minimum Gasteiger partial charge on any atom is -0.455 e. The van der Waals surface area contributed by atoms with Crippen molar-refractivity contribution >= 4 is 38.7 Å². The largest absolute Gasteiger partial charge is 0.455 e. The molecule has 0 atom stereocenters. The molecule has 0 aliphatic heterocycles. The summed E-state index contributed by atoms with van der Waals surface area (Å²) in [5, 5.41) is -0.142. The quantitative estimate of drug-likeness (QED) is 0.430. The molecule has 0 bridgehead atoms. The number of nitrogens with zero attached hydrogens (tertiary/aromatic N) is 1. The highest BCUT2D eigenvalue weighted by atomic mass is 32.2. The van der Waals surface area contributed by atoms with Crippen molar-refractivity contribution in [2.45, 2.75) is 6.61 Å². The highest BCUT2D eigenvalue weighted by Gasteiger charge is 2.28. The SMILES string of the molecule is CN(c1cc2oc(-c3ccc(F)cc3)c(C(=O)OC(N)=O)c2cc1OC(F)F)S(C)(=O)=O. The summed E-state index contributed by atoms with van der Waals surface area (Å²) in [5.74, 6) is -2.66. The van der Waals surface area contributed by atoms with Crippen LogP contribution >= 0.6 is 0 Å². The standard InChI is InChI=1S/C19H15F3N2O7S/c1-24(32(2,27)28)12-8-13-11(7-14(12)30-18(21)22)15(17(25)31-19(23)26)16(29-13)9-3-5-10(20)6-4-9/h3-8,18H,1-2H3,(H2,23,26). The molecule has 0 aliphatic rings. The average molecular weight is 472 g/mol. The van der Waals surface area contributed by atoms with Gasteiger partial charge >= 0.3 is 18.7 Å². The Morgan fingerprint density at radius 1 is 1.16 bits per heavy atom. The summed E-state index contributed by atoms with van der Waals surface area (Å²) in [4.78, 5) is 23.7. The number of carbonyl (C=O) groups is 2. The Morgan fingerprint density at radius 2 is 1.78 bits per heavy atom. The zero-order valence-electron chi connectivity index (χ0n) is 16.5. The number of carbonyl (C=O) groups excluding carboxylic acids is 2. The second kappa shape index (κ2) is 8.42. The van der Waals surface area contributed by atoms with Crippen LogP contribution in [-0.2, 0) is 14.8 Å². The lowest BCUT2D eigenvalue weighted by molar-refractivity contribution is -0.0493. The number of furan rings is 1. The molecule has 13 heteroatoms. The summed E-state index contributed by atoms with van der Waals surface area (Å²) >= 11 is 0. The van der Waals surface area contributed by atoms with Crippen molar-refractivity contribution in [1.82, 2.24) is 0 Å². The highest BCUT2D eigenvalue weighted by molar-refractivity contribution is 7.92. The first kappa shape index (κ1) is 22.9. The molecular formula is C19H15F3N2O7S. The zero-order valence-corrected chi connectivity index (χ0v) is 17.3. The number of sulfonamides is 1. The van der Waals surface area contributed by atoms with E-state index in [0.29, 0.717) is 4.31 Å². The molecule has 0 aliphatic carbocycles. The Bertz CT molecular complexity index is 1300. The summed E-state index contributed by atoms with van der Waals surface area (Å²) in [6, 6.07) is 6.65. The lowest BCUT2D eigenvalue weighted by Gasteiger charge is -2.20. The maximum atomic E-state index is 13.3. The Morgan fingerprint density at radius 3 is 2.31 bits per heavy atom. The lowest BCUT2D eigenvalue weighted by Crippen LogP contribution is -2.25. The van der Waals surface area contributed by atoms with Crippen molar-refractivity contribution in [3.63, 3.8) is 0 Å². The van der Waals surface area contributed by atoms with Crippen molar-refractivity contribution in [2.75, 3.05) is 17.6 Å². The maximum absolute atomic E-state index is 13.3. The molecule has 0 fully saturated rings. The Labute approximate surface area is 179 Å². The van der Waals surface area contributed by atoms with Gasteiger partial charge in [-0.3, -0.25) is 4.31 Å². The van der Waals surface area contributed by atoms with E-state index < -0.39 is 45.8 Å². The van der Waals surface area contributed by atoms with Crippen molar-refractivity contribution in [3.8, 4) is 17.1 Å². The number of esters is 1. The van der Waals surface area contributed by atoms with E-state index in [1.54, 1.807) is 0 Å². The van der Waals surface area contributed by atoms with E-state index in [-0.39, 0.29) is 28.0 Å². The molecule has 1 amide bonds. The number of amides is 1. The number of hydrogen-bond donors (Lipinski definition) is 1. The third-order valence-corrected chi connectivity index (χ3v) is 5.52. The first-order valence-corrected chi connectivity index (χ1v) is 10.5. The monoisotopic (exact) mass is 472 g/mol. The summed E-state index contributed by atoms with van der Waals surface area (Å²) in [5.41, 5.74) is 4.24. The number of halogens is 3. The Balaban J connectivity index is 2.35. The van der Waals surface area contributed by atoms with Gasteiger partial charge in [0.1, 0.15) is 22.7 Å². The number of nitrogens with two attached hydrogens (primary N) is 1. The van der Waals surface area contributed by atoms with Gasteiger partial charge in [-0.05, 0) is 30.3 Å². The molecule has 9 nitrogen and oxygen atoms in total. The topological polar surface area (TPSA) is 129 Å². The number of rotatable bonds is 6. The molecule has 0 saturated heterocycles. The van der Waals surface area contributed by atoms with E-state index in [4.69, 9.17) is 10.2 Å². The number of alkyl halides is 2. The van der Waals surface area contributed by atoms with Crippen molar-refractivity contribution < 1.29 is 45.1 Å². The van der Waals surface area contributed by atoms with Crippen LogP contribution in [0.25, 0.3) is 22.3 Å². The maximum Gasteiger partial charge on any atom is 0.412 e. The number of fused-ring (bicyclic) bond motifs is 1. The summed E-state index contributed by atoms with van der Waals surface area (Å²) in [6.45, 7) is -3.33. The fraction of sp³-hybridized carbons (Fsp3) is 0.158. The molecule has 3 rings (SSSR count). The smallest absolute Gasteiger partial charge is 0.412 e. The molecule has 2 N–H and O–H groups in total. The zero-order chi connectivity index (χ0) is 23.8. The van der Waals surface area contributed by atoms with Crippen LogP contribution < -0.4 is 14.8 Å². The number of benzene rings is 2. The van der Waals surface area contributed by atoms with Gasteiger partial charge in [-0.1, -0.05) is 0 Å². The number of hydrogen-bond acceptors (Lipinski definition) is 7. The minimum absolute atomic E-state index is 0.132. The predicted octanol–water partition coefficient (Wildman–Crippen LogP) is 3.47. The van der Waals surface area contributed by atoms with Crippen LogP contribution in [0.5, 0.6) is 5.75 Å². The van der Waals surface area contributed by atoms with Gasteiger partial charge in [0.25, 0.3) is 0 Å². The number of anilines is 1. The molecule has 0 unspecified atom stereocenters. The van der Waals surface area contributed by atoms with Gasteiger partial charge in [-0.2, -0.15) is 8.78 Å². The van der Waals surface area contributed by atoms with Gasteiger partial charge in [-0.15, -0.1) is 0 Å². The van der Waals surface area contributed by atoms with Crippen LogP contribution in [0.1, 0.15) is 10.4 Å². The Hall–Kier alpha value is -3.74. The van der Waals surface area contributed by atoms with E-state index >= 15 is 0 Å². The molecule has 1 heterocycles. The third kappa shape index (κ3) is 4.61. The van der Waals surface area contributed by atoms with Crippen LogP contribution in [-0.4, -0.2) is 40.4 Å². The summed E-state index contributed by atoms with van der Waals surface area (Å²) in [6.07, 6.45) is -0.600. The second-order valence-electron chi connectivity index (χ2n) is 6.45. The highest BCUT2D eigenvalue weighted by Crippen LogP contribution is 2.41. The minimum atomic E-state index is -3.90. The van der Waals surface area contributed by atoms with Gasteiger partial charge in [0, 0.05) is 24.1 Å². The Kier molecular flexibility index (Phi) is 6.03. The molecule has 0 radical (unpaired) electrons.